The molecule has 0 rings (SSSR count). The van der Waals surface area contributed by atoms with Gasteiger partial charge in [-0.2, -0.15) is 5.26 Å². The minimum Gasteiger partial charge on any atom is -0.551 e. The lowest BCUT2D eigenvalue weighted by Gasteiger charge is -2.36. The largest absolute Gasteiger partial charge is 0.551 e. The minimum absolute atomic E-state index is 0.599. The highest BCUT2D eigenvalue weighted by molar-refractivity contribution is 6.86. The fourth-order valence-corrected chi connectivity index (χ4v) is 6.90. The van der Waals surface area contributed by atoms with Gasteiger partial charge in [-0.1, -0.05) is 52.4 Å². The molecule has 0 aromatic carbocycles. The average Bonchev–Trinajstić information content (AvgIpc) is 2.45. The highest BCUT2D eigenvalue weighted by Crippen LogP contribution is 2.31. The molecule has 0 aromatic rings. The Balaban J connectivity index is 5.18. The summed E-state index contributed by atoms with van der Waals surface area (Å²) in [6.45, 7) is 13.8. The molecule has 2 nitrogen and oxygen atoms in total. The van der Waals surface area contributed by atoms with Crippen molar-refractivity contribution in [3.8, 4) is 6.07 Å². The van der Waals surface area contributed by atoms with Crippen LogP contribution in [-0.4, -0.2) is 16.4 Å². The van der Waals surface area contributed by atoms with E-state index in [0.717, 1.165) is 18.5 Å². The van der Waals surface area contributed by atoms with Crippen molar-refractivity contribution in [2.24, 2.45) is 0 Å². The summed E-state index contributed by atoms with van der Waals surface area (Å²) in [4.78, 5) is 0. The number of hydrogen-bond donors (Lipinski definition) is 0. The molecular formula is C15H31NOSi2. The summed E-state index contributed by atoms with van der Waals surface area (Å²) in [5, 5.41) is 10.0. The number of nitrogens with zero attached hydrogens (tertiary/aromatic N) is 1. The SMILES string of the molecule is CC[Si](C)(CC)O/C(=C\CCC#N)[Si](C)(CC)CC. The Kier molecular flexibility index (Phi) is 8.36. The van der Waals surface area contributed by atoms with E-state index in [2.05, 4.69) is 52.9 Å². The van der Waals surface area contributed by atoms with Crippen LogP contribution < -0.4 is 0 Å². The molecule has 0 aliphatic rings. The molecule has 0 saturated heterocycles. The molecule has 0 spiro atoms. The standard InChI is InChI=1S/C15H31NOSi2/c1-7-18(5,8-2)15(13-11-12-14-16)17-19(6,9-3)10-4/h13H,7-12H2,1-6H3/b15-13+. The van der Waals surface area contributed by atoms with Gasteiger partial charge < -0.3 is 4.43 Å². The summed E-state index contributed by atoms with van der Waals surface area (Å²) in [7, 11) is -3.03. The molecule has 0 fully saturated rings. The third-order valence-corrected chi connectivity index (χ3v) is 13.1. The molecule has 4 heteroatoms. The van der Waals surface area contributed by atoms with Crippen LogP contribution >= 0.6 is 0 Å². The monoisotopic (exact) mass is 297 g/mol. The van der Waals surface area contributed by atoms with Gasteiger partial charge in [-0.25, -0.2) is 0 Å². The van der Waals surface area contributed by atoms with Crippen LogP contribution in [0.2, 0.25) is 37.3 Å². The lowest BCUT2D eigenvalue weighted by atomic mass is 10.3. The van der Waals surface area contributed by atoms with Gasteiger partial charge in [-0.05, 0) is 25.1 Å². The van der Waals surface area contributed by atoms with Gasteiger partial charge in [0.05, 0.1) is 11.5 Å². The minimum atomic E-state index is -1.58. The van der Waals surface area contributed by atoms with E-state index in [4.69, 9.17) is 9.69 Å². The van der Waals surface area contributed by atoms with E-state index in [1.54, 1.807) is 0 Å². The van der Waals surface area contributed by atoms with Crippen LogP contribution in [0.3, 0.4) is 0 Å². The van der Waals surface area contributed by atoms with Gasteiger partial charge >= 0.3 is 0 Å². The van der Waals surface area contributed by atoms with Gasteiger partial charge in [-0.3, -0.25) is 0 Å². The van der Waals surface area contributed by atoms with Crippen molar-refractivity contribution < 1.29 is 4.43 Å². The molecule has 19 heavy (non-hydrogen) atoms. The first-order chi connectivity index (χ1) is 8.91. The summed E-state index contributed by atoms with van der Waals surface area (Å²) >= 11 is 0. The van der Waals surface area contributed by atoms with Gasteiger partial charge in [0.1, 0.15) is 8.07 Å². The van der Waals surface area contributed by atoms with E-state index in [9.17, 15) is 0 Å². The zero-order chi connectivity index (χ0) is 14.9. The molecule has 0 radical (unpaired) electrons. The topological polar surface area (TPSA) is 33.0 Å². The number of allylic oxidation sites excluding steroid dienone is 1. The lowest BCUT2D eigenvalue weighted by molar-refractivity contribution is 0.435. The summed E-state index contributed by atoms with van der Waals surface area (Å²) in [5.41, 5.74) is 0. The molecule has 0 bridgehead atoms. The zero-order valence-corrected chi connectivity index (χ0v) is 15.7. The van der Waals surface area contributed by atoms with E-state index in [0.29, 0.717) is 6.42 Å². The molecule has 0 saturated carbocycles. The first-order valence-corrected chi connectivity index (χ1v) is 13.4. The maximum atomic E-state index is 8.72. The van der Waals surface area contributed by atoms with Gasteiger partial charge in [0.2, 0.25) is 8.32 Å². The second-order valence-corrected chi connectivity index (χ2v) is 15.3. The van der Waals surface area contributed by atoms with Crippen molar-refractivity contribution in [2.75, 3.05) is 0 Å². The third kappa shape index (κ3) is 5.54. The molecule has 0 amide bonds. The van der Waals surface area contributed by atoms with E-state index in [1.807, 2.05) is 0 Å². The number of nitriles is 1. The molecule has 0 N–H and O–H groups in total. The lowest BCUT2D eigenvalue weighted by Crippen LogP contribution is -2.41. The Labute approximate surface area is 122 Å². The Morgan fingerprint density at radius 2 is 1.58 bits per heavy atom. The Morgan fingerprint density at radius 3 is 1.95 bits per heavy atom. The predicted molar refractivity (Wildman–Crippen MR) is 89.2 cm³/mol. The Bertz CT molecular complexity index is 326. The van der Waals surface area contributed by atoms with Crippen LogP contribution in [-0.2, 0) is 4.43 Å². The fraction of sp³-hybridized carbons (Fsp3) is 0.800. The summed E-state index contributed by atoms with van der Waals surface area (Å²) < 4.78 is 6.58. The van der Waals surface area contributed by atoms with E-state index >= 15 is 0 Å². The summed E-state index contributed by atoms with van der Waals surface area (Å²) in [5.74, 6) is 0. The Hall–Kier alpha value is -0.536. The molecular weight excluding hydrogens is 266 g/mol. The van der Waals surface area contributed by atoms with Crippen LogP contribution in [0.4, 0.5) is 0 Å². The predicted octanol–water partition coefficient (Wildman–Crippen LogP) is 5.46. The van der Waals surface area contributed by atoms with E-state index in [-0.39, 0.29) is 0 Å². The second-order valence-electron chi connectivity index (χ2n) is 5.79. The molecule has 0 aliphatic heterocycles. The third-order valence-electron chi connectivity index (χ3n) is 4.59. The van der Waals surface area contributed by atoms with Crippen LogP contribution in [0, 0.1) is 11.3 Å². The first-order valence-electron chi connectivity index (χ1n) is 7.67. The molecule has 0 aromatic heterocycles. The highest BCUT2D eigenvalue weighted by Gasteiger charge is 2.35. The molecule has 0 aliphatic carbocycles. The highest BCUT2D eigenvalue weighted by atomic mass is 28.4. The van der Waals surface area contributed by atoms with E-state index in [1.165, 1.54) is 17.5 Å². The number of rotatable bonds is 9. The first kappa shape index (κ1) is 18.5. The summed E-state index contributed by atoms with van der Waals surface area (Å²) in [6.07, 6.45) is 3.67. The van der Waals surface area contributed by atoms with Crippen molar-refractivity contribution in [1.29, 1.82) is 5.26 Å². The van der Waals surface area contributed by atoms with Crippen LogP contribution in [0.15, 0.2) is 11.5 Å². The quantitative estimate of drug-likeness (QED) is 0.321. The van der Waals surface area contributed by atoms with Crippen molar-refractivity contribution >= 4 is 16.4 Å². The second kappa shape index (κ2) is 8.60. The van der Waals surface area contributed by atoms with Crippen molar-refractivity contribution in [3.63, 3.8) is 0 Å². The maximum Gasteiger partial charge on any atom is 0.246 e. The molecule has 110 valence electrons. The van der Waals surface area contributed by atoms with Crippen molar-refractivity contribution in [1.82, 2.24) is 0 Å². The molecule has 0 heterocycles. The van der Waals surface area contributed by atoms with Gasteiger partial charge in [0.25, 0.3) is 0 Å². The fourth-order valence-electron chi connectivity index (χ4n) is 1.94. The van der Waals surface area contributed by atoms with Crippen molar-refractivity contribution in [3.05, 3.63) is 11.5 Å². The zero-order valence-electron chi connectivity index (χ0n) is 13.7. The smallest absolute Gasteiger partial charge is 0.246 e. The Morgan fingerprint density at radius 1 is 1.05 bits per heavy atom. The van der Waals surface area contributed by atoms with Crippen LogP contribution in [0.1, 0.15) is 40.5 Å². The summed E-state index contributed by atoms with van der Waals surface area (Å²) in [6, 6.07) is 7.00. The maximum absolute atomic E-state index is 8.72. The molecule has 0 atom stereocenters. The molecule has 0 unspecified atom stereocenters. The van der Waals surface area contributed by atoms with Gasteiger partial charge in [0.15, 0.2) is 0 Å². The normalized spacial score (nSPS) is 13.2. The van der Waals surface area contributed by atoms with E-state index < -0.39 is 16.4 Å². The number of hydrogen-bond acceptors (Lipinski definition) is 2. The average molecular weight is 298 g/mol. The number of unbranched alkanes of at least 4 members (excludes halogenated alkanes) is 1. The van der Waals surface area contributed by atoms with Crippen LogP contribution in [0.5, 0.6) is 0 Å². The van der Waals surface area contributed by atoms with Crippen molar-refractivity contribution in [2.45, 2.75) is 77.8 Å². The van der Waals surface area contributed by atoms with Gasteiger partial charge in [0, 0.05) is 6.42 Å². The van der Waals surface area contributed by atoms with Gasteiger partial charge in [-0.15, -0.1) is 0 Å². The van der Waals surface area contributed by atoms with Crippen LogP contribution in [0.25, 0.3) is 0 Å².